The number of aliphatic imine (C=N–C) groups is 1. The number of likely N-dealkylation sites (N-methyl/N-ethyl adjacent to an activating group) is 1. The second-order valence-electron chi connectivity index (χ2n) is 7.09. The minimum Gasteiger partial charge on any atom is -0.490 e. The highest BCUT2D eigenvalue weighted by molar-refractivity contribution is 14.0. The number of hydrogen-bond acceptors (Lipinski definition) is 3. The van der Waals surface area contributed by atoms with Crippen LogP contribution >= 0.6 is 24.0 Å². The fourth-order valence-electron chi connectivity index (χ4n) is 3.15. The molecule has 2 rings (SSSR count). The van der Waals surface area contributed by atoms with Crippen molar-refractivity contribution in [1.29, 1.82) is 0 Å². The van der Waals surface area contributed by atoms with Crippen LogP contribution in [0.3, 0.4) is 0 Å². The van der Waals surface area contributed by atoms with E-state index in [0.717, 1.165) is 57.3 Å². The zero-order valence-electron chi connectivity index (χ0n) is 17.4. The van der Waals surface area contributed by atoms with E-state index in [1.54, 1.807) is 0 Å². The van der Waals surface area contributed by atoms with Crippen LogP contribution in [0.5, 0.6) is 5.75 Å². The van der Waals surface area contributed by atoms with E-state index in [1.807, 2.05) is 30.3 Å². The Labute approximate surface area is 182 Å². The number of likely N-dealkylation sites (tertiary alicyclic amines) is 1. The average Bonchev–Trinajstić information content (AvgIpc) is 2.68. The molecule has 1 aliphatic rings. The molecule has 1 aromatic carbocycles. The van der Waals surface area contributed by atoms with Crippen LogP contribution < -0.4 is 10.1 Å². The number of para-hydroxylation sites is 1. The van der Waals surface area contributed by atoms with Crippen molar-refractivity contribution >= 4 is 29.9 Å². The summed E-state index contributed by atoms with van der Waals surface area (Å²) in [6.07, 6.45) is 3.54. The van der Waals surface area contributed by atoms with Gasteiger partial charge in [-0.1, -0.05) is 25.1 Å². The maximum atomic E-state index is 6.10. The molecule has 1 saturated heterocycles. The normalized spacial score (nSPS) is 16.8. The van der Waals surface area contributed by atoms with E-state index < -0.39 is 0 Å². The first-order chi connectivity index (χ1) is 12.6. The number of rotatable bonds is 8. The maximum Gasteiger partial charge on any atom is 0.193 e. The summed E-state index contributed by atoms with van der Waals surface area (Å²) in [4.78, 5) is 9.61. The van der Waals surface area contributed by atoms with Gasteiger partial charge in [0.1, 0.15) is 11.9 Å². The molecule has 1 aromatic rings. The summed E-state index contributed by atoms with van der Waals surface area (Å²) in [5.74, 6) is 2.02. The lowest BCUT2D eigenvalue weighted by Gasteiger charge is -2.34. The quantitative estimate of drug-likeness (QED) is 0.343. The first kappa shape index (κ1) is 24.0. The fraction of sp³-hybridized carbons (Fsp3) is 0.667. The van der Waals surface area contributed by atoms with Crippen LogP contribution in [0.25, 0.3) is 0 Å². The number of ether oxygens (including phenoxy) is 1. The van der Waals surface area contributed by atoms with Crippen LogP contribution in [0.4, 0.5) is 0 Å². The van der Waals surface area contributed by atoms with Crippen LogP contribution in [0.1, 0.15) is 40.0 Å². The predicted octanol–water partition coefficient (Wildman–Crippen LogP) is 3.84. The molecular formula is C21H37IN4O. The second kappa shape index (κ2) is 13.2. The highest BCUT2D eigenvalue weighted by atomic mass is 127. The van der Waals surface area contributed by atoms with Gasteiger partial charge >= 0.3 is 0 Å². The molecule has 1 atom stereocenters. The van der Waals surface area contributed by atoms with Gasteiger partial charge in [-0.25, -0.2) is 0 Å². The number of benzene rings is 1. The van der Waals surface area contributed by atoms with E-state index in [2.05, 4.69) is 42.9 Å². The van der Waals surface area contributed by atoms with E-state index in [4.69, 9.17) is 9.73 Å². The topological polar surface area (TPSA) is 40.1 Å². The van der Waals surface area contributed by atoms with E-state index >= 15 is 0 Å². The van der Waals surface area contributed by atoms with E-state index in [-0.39, 0.29) is 24.0 Å². The van der Waals surface area contributed by atoms with E-state index in [1.165, 1.54) is 6.42 Å². The monoisotopic (exact) mass is 488 g/mol. The average molecular weight is 488 g/mol. The SMILES string of the molecule is CCNC(=NCCN(C)C(C)CC)N1CCC(Oc2ccccc2)CC1.I. The second-order valence-corrected chi connectivity index (χ2v) is 7.09. The molecule has 0 aromatic heterocycles. The molecule has 27 heavy (non-hydrogen) atoms. The lowest BCUT2D eigenvalue weighted by atomic mass is 10.1. The highest BCUT2D eigenvalue weighted by Crippen LogP contribution is 2.18. The molecule has 1 aliphatic heterocycles. The van der Waals surface area contributed by atoms with Crippen molar-refractivity contribution in [1.82, 2.24) is 15.1 Å². The molecule has 1 heterocycles. The first-order valence-electron chi connectivity index (χ1n) is 10.1. The predicted molar refractivity (Wildman–Crippen MR) is 125 cm³/mol. The maximum absolute atomic E-state index is 6.10. The zero-order chi connectivity index (χ0) is 18.8. The molecule has 0 amide bonds. The molecule has 1 N–H and O–H groups in total. The first-order valence-corrected chi connectivity index (χ1v) is 10.1. The molecule has 1 fully saturated rings. The fourth-order valence-corrected chi connectivity index (χ4v) is 3.15. The Bertz CT molecular complexity index is 532. The van der Waals surface area contributed by atoms with Crippen LogP contribution in [-0.2, 0) is 0 Å². The van der Waals surface area contributed by atoms with Crippen LogP contribution in [0.15, 0.2) is 35.3 Å². The van der Waals surface area contributed by atoms with Gasteiger partial charge in [-0.15, -0.1) is 24.0 Å². The summed E-state index contributed by atoms with van der Waals surface area (Å²) in [6.45, 7) is 11.4. The largest absolute Gasteiger partial charge is 0.490 e. The Morgan fingerprint density at radius 3 is 2.52 bits per heavy atom. The summed E-state index contributed by atoms with van der Waals surface area (Å²) in [5, 5.41) is 3.45. The summed E-state index contributed by atoms with van der Waals surface area (Å²) < 4.78 is 6.10. The molecule has 154 valence electrons. The molecule has 0 spiro atoms. The van der Waals surface area contributed by atoms with Crippen molar-refractivity contribution in [2.45, 2.75) is 52.2 Å². The van der Waals surface area contributed by atoms with Gasteiger partial charge in [-0.05, 0) is 39.4 Å². The summed E-state index contributed by atoms with van der Waals surface area (Å²) in [6, 6.07) is 10.7. The van der Waals surface area contributed by atoms with Gasteiger partial charge in [0.25, 0.3) is 0 Å². The minimum absolute atomic E-state index is 0. The summed E-state index contributed by atoms with van der Waals surface area (Å²) in [5.41, 5.74) is 0. The van der Waals surface area contributed by atoms with Crippen molar-refractivity contribution in [3.8, 4) is 5.75 Å². The summed E-state index contributed by atoms with van der Waals surface area (Å²) >= 11 is 0. The van der Waals surface area contributed by atoms with Crippen molar-refractivity contribution in [2.24, 2.45) is 4.99 Å². The van der Waals surface area contributed by atoms with Gasteiger partial charge in [-0.3, -0.25) is 4.99 Å². The summed E-state index contributed by atoms with van der Waals surface area (Å²) in [7, 11) is 2.18. The number of nitrogens with zero attached hydrogens (tertiary/aromatic N) is 3. The smallest absolute Gasteiger partial charge is 0.193 e. The molecule has 5 nitrogen and oxygen atoms in total. The van der Waals surface area contributed by atoms with E-state index in [9.17, 15) is 0 Å². The van der Waals surface area contributed by atoms with Crippen molar-refractivity contribution in [2.75, 3.05) is 39.8 Å². The van der Waals surface area contributed by atoms with Gasteiger partial charge in [-0.2, -0.15) is 0 Å². The number of hydrogen-bond donors (Lipinski definition) is 1. The number of piperidine rings is 1. The van der Waals surface area contributed by atoms with Gasteiger partial charge in [0.05, 0.1) is 6.54 Å². The molecule has 1 unspecified atom stereocenters. The zero-order valence-corrected chi connectivity index (χ0v) is 19.7. The van der Waals surface area contributed by atoms with Crippen LogP contribution in [0.2, 0.25) is 0 Å². The lowest BCUT2D eigenvalue weighted by Crippen LogP contribution is -2.47. The molecule has 0 radical (unpaired) electrons. The molecule has 0 bridgehead atoms. The minimum atomic E-state index is 0. The Balaban J connectivity index is 0.00000364. The van der Waals surface area contributed by atoms with Crippen LogP contribution in [0, 0.1) is 0 Å². The van der Waals surface area contributed by atoms with Crippen molar-refractivity contribution in [3.05, 3.63) is 30.3 Å². The third-order valence-electron chi connectivity index (χ3n) is 5.18. The van der Waals surface area contributed by atoms with Gasteiger partial charge < -0.3 is 19.9 Å². The van der Waals surface area contributed by atoms with Crippen LogP contribution in [-0.4, -0.2) is 67.7 Å². The van der Waals surface area contributed by atoms with Gasteiger partial charge in [0, 0.05) is 45.1 Å². The number of nitrogens with one attached hydrogen (secondary N) is 1. The molecular weight excluding hydrogens is 451 g/mol. The standard InChI is InChI=1S/C21H36N4O.HI/c1-5-18(3)24(4)17-14-23-21(22-6-2)25-15-12-20(13-16-25)26-19-10-8-7-9-11-19;/h7-11,18,20H,5-6,12-17H2,1-4H3,(H,22,23);1H. The Hall–Kier alpha value is -1.02. The third-order valence-corrected chi connectivity index (χ3v) is 5.18. The number of guanidine groups is 1. The highest BCUT2D eigenvalue weighted by Gasteiger charge is 2.22. The lowest BCUT2D eigenvalue weighted by molar-refractivity contribution is 0.129. The Morgan fingerprint density at radius 1 is 1.26 bits per heavy atom. The molecule has 0 aliphatic carbocycles. The Kier molecular flexibility index (Phi) is 11.7. The van der Waals surface area contributed by atoms with E-state index in [0.29, 0.717) is 12.1 Å². The third kappa shape index (κ3) is 8.25. The Morgan fingerprint density at radius 2 is 1.93 bits per heavy atom. The number of halogens is 1. The van der Waals surface area contributed by atoms with Crippen molar-refractivity contribution in [3.63, 3.8) is 0 Å². The van der Waals surface area contributed by atoms with Gasteiger partial charge in [0.2, 0.25) is 0 Å². The van der Waals surface area contributed by atoms with Crippen molar-refractivity contribution < 1.29 is 4.74 Å². The molecule has 6 heteroatoms. The van der Waals surface area contributed by atoms with Gasteiger partial charge in [0.15, 0.2) is 5.96 Å². The molecule has 0 saturated carbocycles.